The average molecular weight is 373 g/mol. The van der Waals surface area contributed by atoms with Crippen LogP contribution in [-0.4, -0.2) is 35.7 Å². The van der Waals surface area contributed by atoms with Crippen LogP contribution in [0.1, 0.15) is 11.1 Å². The summed E-state index contributed by atoms with van der Waals surface area (Å²) in [6.45, 7) is 0.0597. The summed E-state index contributed by atoms with van der Waals surface area (Å²) in [4.78, 5) is 25.9. The Morgan fingerprint density at radius 2 is 1.70 bits per heavy atom. The van der Waals surface area contributed by atoms with Crippen LogP contribution < -0.4 is 5.73 Å². The minimum atomic E-state index is -0.778. The number of hydrogen-bond acceptors (Lipinski definition) is 3. The van der Waals surface area contributed by atoms with Crippen molar-refractivity contribution in [2.24, 2.45) is 5.73 Å². The summed E-state index contributed by atoms with van der Waals surface area (Å²) < 4.78 is 27.4. The molecule has 0 aromatic heterocycles. The second-order valence-electron chi connectivity index (χ2n) is 6.02. The predicted octanol–water partition coefficient (Wildman–Crippen LogP) is 2.42. The molecule has 0 aliphatic heterocycles. The molecule has 0 fully saturated rings. The Kier molecular flexibility index (Phi) is 7.05. The summed E-state index contributed by atoms with van der Waals surface area (Å²) >= 11 is 0. The lowest BCUT2D eigenvalue weighted by Gasteiger charge is -2.19. The molecule has 0 bridgehead atoms. The predicted molar refractivity (Wildman–Crippen MR) is 98.0 cm³/mol. The fraction of sp³-hybridized carbons (Fsp3) is 0.200. The van der Waals surface area contributed by atoms with Gasteiger partial charge in [-0.25, -0.2) is 8.78 Å². The summed E-state index contributed by atoms with van der Waals surface area (Å²) in [6, 6.07) is 13.1. The molecule has 0 saturated carbocycles. The second-order valence-corrected chi connectivity index (χ2v) is 6.02. The number of nitrogens with zero attached hydrogens (tertiary/aromatic N) is 2. The van der Waals surface area contributed by atoms with Crippen LogP contribution in [0.3, 0.4) is 0 Å². The van der Waals surface area contributed by atoms with Gasteiger partial charge in [0.25, 0.3) is 5.91 Å². The second kappa shape index (κ2) is 9.47. The van der Waals surface area contributed by atoms with Crippen LogP contribution in [-0.2, 0) is 22.6 Å². The van der Waals surface area contributed by atoms with Crippen molar-refractivity contribution in [3.8, 4) is 0 Å². The summed E-state index contributed by atoms with van der Waals surface area (Å²) in [7, 11) is 1.59. The summed E-state index contributed by atoms with van der Waals surface area (Å²) in [5, 5.41) is 0. The van der Waals surface area contributed by atoms with Gasteiger partial charge in [-0.3, -0.25) is 9.59 Å². The van der Waals surface area contributed by atoms with Crippen molar-refractivity contribution in [2.45, 2.75) is 13.0 Å². The first-order valence-corrected chi connectivity index (χ1v) is 8.33. The molecule has 2 aromatic rings. The van der Waals surface area contributed by atoms with E-state index >= 15 is 0 Å². The Bertz CT molecular complexity index is 805. The maximum atomic E-state index is 13.7. The molecule has 0 atom stereocenters. The monoisotopic (exact) mass is 373 g/mol. The summed E-state index contributed by atoms with van der Waals surface area (Å²) in [5.41, 5.74) is 6.37. The number of hydrogen-bond donors (Lipinski definition) is 1. The van der Waals surface area contributed by atoms with E-state index in [2.05, 4.69) is 0 Å². The fourth-order valence-corrected chi connectivity index (χ4v) is 2.48. The van der Waals surface area contributed by atoms with Crippen molar-refractivity contribution in [3.05, 3.63) is 83.2 Å². The van der Waals surface area contributed by atoms with Crippen LogP contribution in [0.15, 0.2) is 60.4 Å². The first-order chi connectivity index (χ1) is 12.9. The molecule has 5 nitrogen and oxygen atoms in total. The number of nitrogens with two attached hydrogens (primary N) is 1. The van der Waals surface area contributed by atoms with E-state index < -0.39 is 17.5 Å². The average Bonchev–Trinajstić information content (AvgIpc) is 2.68. The van der Waals surface area contributed by atoms with Crippen molar-refractivity contribution in [1.29, 1.82) is 0 Å². The summed E-state index contributed by atoms with van der Waals surface area (Å²) in [5.74, 6) is -2.04. The molecule has 0 spiro atoms. The van der Waals surface area contributed by atoms with E-state index in [1.807, 2.05) is 30.3 Å². The maximum Gasteiger partial charge on any atom is 0.270 e. The number of carbonyl (C=O) groups excluding carboxylic acids is 2. The van der Waals surface area contributed by atoms with E-state index in [0.717, 1.165) is 28.8 Å². The van der Waals surface area contributed by atoms with Gasteiger partial charge >= 0.3 is 0 Å². The van der Waals surface area contributed by atoms with Gasteiger partial charge in [-0.1, -0.05) is 36.4 Å². The molecule has 0 radical (unpaired) electrons. The third-order valence-electron chi connectivity index (χ3n) is 4.02. The van der Waals surface area contributed by atoms with Gasteiger partial charge in [0.2, 0.25) is 6.41 Å². The molecule has 0 aliphatic carbocycles. The topological polar surface area (TPSA) is 66.6 Å². The SMILES string of the molecule is CN(CCc1ccccc1)C(=O)/C(N)=C\N(C=O)Cc1c(F)cccc1F. The Labute approximate surface area is 156 Å². The van der Waals surface area contributed by atoms with E-state index in [9.17, 15) is 18.4 Å². The van der Waals surface area contributed by atoms with Crippen LogP contribution in [0.25, 0.3) is 0 Å². The Morgan fingerprint density at radius 1 is 1.07 bits per heavy atom. The van der Waals surface area contributed by atoms with E-state index in [-0.39, 0.29) is 17.8 Å². The lowest BCUT2D eigenvalue weighted by Crippen LogP contribution is -2.34. The molecule has 0 heterocycles. The molecule has 2 amide bonds. The lowest BCUT2D eigenvalue weighted by atomic mass is 10.1. The zero-order chi connectivity index (χ0) is 19.8. The zero-order valence-electron chi connectivity index (χ0n) is 14.9. The highest BCUT2D eigenvalue weighted by atomic mass is 19.1. The van der Waals surface area contributed by atoms with Crippen molar-refractivity contribution < 1.29 is 18.4 Å². The molecule has 2 rings (SSSR count). The number of carbonyl (C=O) groups is 2. The standard InChI is InChI=1S/C20H21F2N3O2/c1-24(11-10-15-6-3-2-4-7-15)20(27)19(23)13-25(14-26)12-16-17(21)8-5-9-18(16)22/h2-9,13-14H,10-12,23H2,1H3/b19-13+. The largest absolute Gasteiger partial charge is 0.393 e. The molecule has 0 aliphatic rings. The van der Waals surface area contributed by atoms with Gasteiger partial charge < -0.3 is 15.5 Å². The van der Waals surface area contributed by atoms with Crippen molar-refractivity contribution >= 4 is 12.3 Å². The quantitative estimate of drug-likeness (QED) is 0.571. The molecule has 7 heteroatoms. The van der Waals surface area contributed by atoms with Gasteiger partial charge in [-0.2, -0.15) is 0 Å². The van der Waals surface area contributed by atoms with Crippen LogP contribution in [0.4, 0.5) is 8.78 Å². The molecule has 142 valence electrons. The molecule has 0 unspecified atom stereocenters. The van der Waals surface area contributed by atoms with Crippen LogP contribution >= 0.6 is 0 Å². The number of rotatable bonds is 8. The van der Waals surface area contributed by atoms with Gasteiger partial charge in [0.1, 0.15) is 17.3 Å². The molecule has 0 saturated heterocycles. The van der Waals surface area contributed by atoms with E-state index in [1.165, 1.54) is 11.0 Å². The normalized spacial score (nSPS) is 11.1. The van der Waals surface area contributed by atoms with E-state index in [1.54, 1.807) is 7.05 Å². The highest BCUT2D eigenvalue weighted by molar-refractivity contribution is 5.92. The van der Waals surface area contributed by atoms with Crippen molar-refractivity contribution in [2.75, 3.05) is 13.6 Å². The number of likely N-dealkylation sites (N-methyl/N-ethyl adjacent to an activating group) is 1. The first kappa shape index (κ1) is 20.1. The maximum absolute atomic E-state index is 13.7. The minimum absolute atomic E-state index is 0.200. The zero-order valence-corrected chi connectivity index (χ0v) is 14.9. The number of benzene rings is 2. The van der Waals surface area contributed by atoms with Gasteiger partial charge in [0.05, 0.1) is 6.54 Å². The third-order valence-corrected chi connectivity index (χ3v) is 4.02. The molecule has 2 aromatic carbocycles. The molecule has 2 N–H and O–H groups in total. The minimum Gasteiger partial charge on any atom is -0.393 e. The smallest absolute Gasteiger partial charge is 0.270 e. The van der Waals surface area contributed by atoms with Gasteiger partial charge in [-0.15, -0.1) is 0 Å². The number of amides is 2. The molecular weight excluding hydrogens is 352 g/mol. The van der Waals surface area contributed by atoms with Crippen LogP contribution in [0, 0.1) is 11.6 Å². The highest BCUT2D eigenvalue weighted by Gasteiger charge is 2.15. The van der Waals surface area contributed by atoms with E-state index in [0.29, 0.717) is 19.4 Å². The van der Waals surface area contributed by atoms with Crippen LogP contribution in [0.5, 0.6) is 0 Å². The molecule has 27 heavy (non-hydrogen) atoms. The third kappa shape index (κ3) is 5.64. The van der Waals surface area contributed by atoms with E-state index in [4.69, 9.17) is 5.73 Å². The van der Waals surface area contributed by atoms with Crippen molar-refractivity contribution in [3.63, 3.8) is 0 Å². The van der Waals surface area contributed by atoms with Crippen LogP contribution in [0.2, 0.25) is 0 Å². The fourth-order valence-electron chi connectivity index (χ4n) is 2.48. The highest BCUT2D eigenvalue weighted by Crippen LogP contribution is 2.14. The Morgan fingerprint density at radius 3 is 2.30 bits per heavy atom. The first-order valence-electron chi connectivity index (χ1n) is 8.33. The molecular formula is C20H21F2N3O2. The van der Waals surface area contributed by atoms with Crippen molar-refractivity contribution in [1.82, 2.24) is 9.80 Å². The Hall–Kier alpha value is -3.22. The van der Waals surface area contributed by atoms with Gasteiger partial charge in [0.15, 0.2) is 0 Å². The lowest BCUT2D eigenvalue weighted by molar-refractivity contribution is -0.126. The van der Waals surface area contributed by atoms with Gasteiger partial charge in [-0.05, 0) is 24.1 Å². The van der Waals surface area contributed by atoms with Gasteiger partial charge in [0, 0.05) is 25.4 Å². The summed E-state index contributed by atoms with van der Waals surface area (Å²) in [6.07, 6.45) is 2.09. The number of halogens is 2. The Balaban J connectivity index is 2.02.